The summed E-state index contributed by atoms with van der Waals surface area (Å²) in [5, 5.41) is 9.48. The molecule has 0 bridgehead atoms. The minimum absolute atomic E-state index is 0.0122. The summed E-state index contributed by atoms with van der Waals surface area (Å²) < 4.78 is 5.33. The Kier molecular flexibility index (Phi) is 2.80. The third-order valence-corrected chi connectivity index (χ3v) is 4.91. The summed E-state index contributed by atoms with van der Waals surface area (Å²) in [7, 11) is 1.79. The highest BCUT2D eigenvalue weighted by molar-refractivity contribution is 7.03. The van der Waals surface area contributed by atoms with Crippen molar-refractivity contribution in [2.45, 2.75) is 12.0 Å². The van der Waals surface area contributed by atoms with Crippen molar-refractivity contribution in [3.8, 4) is 0 Å². The molecule has 0 N–H and O–H groups in total. The fourth-order valence-corrected chi connectivity index (χ4v) is 3.53. The van der Waals surface area contributed by atoms with Crippen molar-refractivity contribution in [3.63, 3.8) is 0 Å². The highest BCUT2D eigenvalue weighted by atomic mass is 32.1. The van der Waals surface area contributed by atoms with E-state index in [2.05, 4.69) is 14.7 Å². The van der Waals surface area contributed by atoms with Gasteiger partial charge in [-0.1, -0.05) is 4.49 Å². The zero-order valence-corrected chi connectivity index (χ0v) is 12.8. The van der Waals surface area contributed by atoms with Crippen LogP contribution < -0.4 is 0 Å². The standard InChI is InChI=1S/C13H14N6O2S/c1-17-5-9(4-14-17)11(20)19-3-2-13(19)7-18(8-13)12(21)10-6-22-16-15-10/h4-6H,2-3,7-8H2,1H3. The molecule has 22 heavy (non-hydrogen) atoms. The third-order valence-electron chi connectivity index (χ3n) is 4.41. The zero-order chi connectivity index (χ0) is 15.3. The van der Waals surface area contributed by atoms with Crippen molar-refractivity contribution in [3.05, 3.63) is 29.0 Å². The maximum Gasteiger partial charge on any atom is 0.275 e. The van der Waals surface area contributed by atoms with E-state index in [9.17, 15) is 9.59 Å². The van der Waals surface area contributed by atoms with Crippen LogP contribution in [0.5, 0.6) is 0 Å². The molecule has 114 valence electrons. The van der Waals surface area contributed by atoms with Crippen LogP contribution in [-0.2, 0) is 7.05 Å². The fourth-order valence-electron chi connectivity index (χ4n) is 3.10. The van der Waals surface area contributed by atoms with Crippen LogP contribution in [0.4, 0.5) is 0 Å². The summed E-state index contributed by atoms with van der Waals surface area (Å²) in [6.07, 6.45) is 4.23. The van der Waals surface area contributed by atoms with Gasteiger partial charge in [-0.25, -0.2) is 0 Å². The first-order valence-electron chi connectivity index (χ1n) is 6.96. The molecular formula is C13H14N6O2S. The Morgan fingerprint density at radius 1 is 1.32 bits per heavy atom. The molecule has 4 rings (SSSR count). The molecule has 2 aromatic rings. The average molecular weight is 318 g/mol. The molecule has 2 aliphatic heterocycles. The quantitative estimate of drug-likeness (QED) is 0.779. The smallest absolute Gasteiger partial charge is 0.275 e. The summed E-state index contributed by atoms with van der Waals surface area (Å²) >= 11 is 1.16. The zero-order valence-electron chi connectivity index (χ0n) is 12.0. The molecule has 0 unspecified atom stereocenters. The second-order valence-electron chi connectivity index (χ2n) is 5.79. The summed E-state index contributed by atoms with van der Waals surface area (Å²) in [5.41, 5.74) is 0.769. The Bertz CT molecular complexity index is 734. The van der Waals surface area contributed by atoms with Crippen molar-refractivity contribution in [1.82, 2.24) is 29.2 Å². The van der Waals surface area contributed by atoms with Crippen molar-refractivity contribution in [2.75, 3.05) is 19.6 Å². The number of nitrogens with zero attached hydrogens (tertiary/aromatic N) is 6. The van der Waals surface area contributed by atoms with Crippen molar-refractivity contribution >= 4 is 23.3 Å². The lowest BCUT2D eigenvalue weighted by Crippen LogP contribution is -2.78. The van der Waals surface area contributed by atoms with Crippen LogP contribution in [0.2, 0.25) is 0 Å². The Hall–Kier alpha value is -2.29. The Morgan fingerprint density at radius 2 is 2.14 bits per heavy atom. The molecular weight excluding hydrogens is 304 g/mol. The molecule has 2 saturated heterocycles. The summed E-state index contributed by atoms with van der Waals surface area (Å²) in [6.45, 7) is 1.86. The normalized spacial score (nSPS) is 19.0. The van der Waals surface area contributed by atoms with Crippen LogP contribution >= 0.6 is 11.5 Å². The number of rotatable bonds is 2. The van der Waals surface area contributed by atoms with Crippen molar-refractivity contribution < 1.29 is 9.59 Å². The number of aryl methyl sites for hydroxylation is 1. The van der Waals surface area contributed by atoms with E-state index < -0.39 is 0 Å². The summed E-state index contributed by atoms with van der Waals surface area (Å²) in [6, 6.07) is 0. The highest BCUT2D eigenvalue weighted by Crippen LogP contribution is 2.40. The van der Waals surface area contributed by atoms with Gasteiger partial charge in [0, 0.05) is 38.3 Å². The first kappa shape index (κ1) is 13.4. The lowest BCUT2D eigenvalue weighted by atomic mass is 9.77. The van der Waals surface area contributed by atoms with Crippen LogP contribution in [0.25, 0.3) is 0 Å². The number of hydrogen-bond acceptors (Lipinski definition) is 6. The molecule has 1 spiro atoms. The molecule has 2 aliphatic rings. The van der Waals surface area contributed by atoms with Crippen LogP contribution in [-0.4, -0.2) is 66.2 Å². The van der Waals surface area contributed by atoms with Crippen LogP contribution in [0.15, 0.2) is 17.8 Å². The van der Waals surface area contributed by atoms with Gasteiger partial charge in [0.2, 0.25) is 0 Å². The second kappa shape index (κ2) is 4.60. The first-order chi connectivity index (χ1) is 10.6. The average Bonchev–Trinajstić information content (AvgIpc) is 3.06. The van der Waals surface area contributed by atoms with E-state index in [-0.39, 0.29) is 17.4 Å². The third kappa shape index (κ3) is 1.85. The Morgan fingerprint density at radius 3 is 2.68 bits per heavy atom. The van der Waals surface area contributed by atoms with Crippen LogP contribution in [0, 0.1) is 0 Å². The van der Waals surface area contributed by atoms with Gasteiger partial charge in [-0.05, 0) is 18.0 Å². The van der Waals surface area contributed by atoms with Gasteiger partial charge in [0.05, 0.1) is 17.3 Å². The monoisotopic (exact) mass is 318 g/mol. The molecule has 0 radical (unpaired) electrons. The lowest BCUT2D eigenvalue weighted by molar-refractivity contribution is -0.0849. The predicted octanol–water partition coefficient (Wildman–Crippen LogP) is 0.0123. The van der Waals surface area contributed by atoms with Crippen LogP contribution in [0.1, 0.15) is 27.3 Å². The van der Waals surface area contributed by atoms with Gasteiger partial charge in [0.25, 0.3) is 11.8 Å². The maximum atomic E-state index is 12.5. The fraction of sp³-hybridized carbons (Fsp3) is 0.462. The molecule has 9 heteroatoms. The van der Waals surface area contributed by atoms with Gasteiger partial charge in [0.1, 0.15) is 0 Å². The minimum Gasteiger partial charge on any atom is -0.332 e. The Labute approximate surface area is 130 Å². The topological polar surface area (TPSA) is 84.2 Å². The molecule has 0 atom stereocenters. The van der Waals surface area contributed by atoms with Crippen LogP contribution in [0.3, 0.4) is 0 Å². The summed E-state index contributed by atoms with van der Waals surface area (Å²) in [4.78, 5) is 28.3. The maximum absolute atomic E-state index is 12.5. The van der Waals surface area contributed by atoms with Crippen molar-refractivity contribution in [1.29, 1.82) is 0 Å². The van der Waals surface area contributed by atoms with E-state index in [0.717, 1.165) is 24.5 Å². The van der Waals surface area contributed by atoms with Gasteiger partial charge in [-0.15, -0.1) is 5.10 Å². The number of hydrogen-bond donors (Lipinski definition) is 0. The lowest BCUT2D eigenvalue weighted by Gasteiger charge is -2.62. The van der Waals surface area contributed by atoms with E-state index in [0.29, 0.717) is 24.3 Å². The largest absolute Gasteiger partial charge is 0.332 e. The molecule has 2 fully saturated rings. The number of carbonyl (C=O) groups excluding carboxylic acids is 2. The summed E-state index contributed by atoms with van der Waals surface area (Å²) in [5.74, 6) is -0.123. The van der Waals surface area contributed by atoms with Gasteiger partial charge in [0.15, 0.2) is 5.69 Å². The molecule has 0 aliphatic carbocycles. The minimum atomic E-state index is -0.202. The van der Waals surface area contributed by atoms with E-state index in [1.807, 2.05) is 4.90 Å². The molecule has 2 amide bonds. The number of aromatic nitrogens is 4. The molecule has 4 heterocycles. The van der Waals surface area contributed by atoms with Gasteiger partial charge in [-0.3, -0.25) is 14.3 Å². The van der Waals surface area contributed by atoms with E-state index in [1.165, 1.54) is 0 Å². The molecule has 2 aromatic heterocycles. The highest BCUT2D eigenvalue weighted by Gasteiger charge is 2.57. The van der Waals surface area contributed by atoms with E-state index in [1.54, 1.807) is 34.4 Å². The van der Waals surface area contributed by atoms with Crippen molar-refractivity contribution in [2.24, 2.45) is 7.05 Å². The number of amides is 2. The molecule has 8 nitrogen and oxygen atoms in total. The number of likely N-dealkylation sites (tertiary alicyclic amines) is 2. The second-order valence-corrected chi connectivity index (χ2v) is 6.39. The van der Waals surface area contributed by atoms with Gasteiger partial charge < -0.3 is 9.80 Å². The Balaban J connectivity index is 1.44. The van der Waals surface area contributed by atoms with Gasteiger partial charge >= 0.3 is 0 Å². The SMILES string of the molecule is Cn1cc(C(=O)N2CCC23CN(C(=O)c2csnn2)C3)cn1. The number of carbonyl (C=O) groups is 2. The molecule has 0 saturated carbocycles. The molecule has 0 aromatic carbocycles. The first-order valence-corrected chi connectivity index (χ1v) is 7.80. The van der Waals surface area contributed by atoms with E-state index in [4.69, 9.17) is 0 Å². The van der Waals surface area contributed by atoms with Gasteiger partial charge in [-0.2, -0.15) is 5.10 Å². The van der Waals surface area contributed by atoms with E-state index >= 15 is 0 Å². The predicted molar refractivity (Wildman–Crippen MR) is 77.4 cm³/mol.